The van der Waals surface area contributed by atoms with Crippen molar-refractivity contribution in [2.24, 2.45) is 5.92 Å². The van der Waals surface area contributed by atoms with Gasteiger partial charge in [0.15, 0.2) is 0 Å². The number of aliphatic hydroxyl groups is 1. The number of para-hydroxylation sites is 1. The van der Waals surface area contributed by atoms with Crippen LogP contribution in [0.5, 0.6) is 0 Å². The van der Waals surface area contributed by atoms with Crippen molar-refractivity contribution in [1.29, 1.82) is 0 Å². The maximum atomic E-state index is 12.8. The third-order valence-corrected chi connectivity index (χ3v) is 5.04. The van der Waals surface area contributed by atoms with Gasteiger partial charge in [-0.15, -0.1) is 0 Å². The van der Waals surface area contributed by atoms with E-state index in [-0.39, 0.29) is 17.9 Å². The first kappa shape index (κ1) is 17.0. The standard InChI is InChI=1S/C18H22ClN3O2/c1-12-16(17(19)22(20-12)14-8-4-3-5-9-14)18(24)21(2)11-13-7-6-10-15(13)23/h3-5,8-9,13,15,23H,6-7,10-11H2,1-2H3. The lowest BCUT2D eigenvalue weighted by molar-refractivity contribution is 0.0693. The summed E-state index contributed by atoms with van der Waals surface area (Å²) in [5.41, 5.74) is 1.85. The predicted molar refractivity (Wildman–Crippen MR) is 93.6 cm³/mol. The number of aliphatic hydroxyl groups excluding tert-OH is 1. The van der Waals surface area contributed by atoms with Crippen LogP contribution in [0, 0.1) is 12.8 Å². The third kappa shape index (κ3) is 3.19. The number of carbonyl (C=O) groups excluding carboxylic acids is 1. The first-order valence-corrected chi connectivity index (χ1v) is 8.61. The van der Waals surface area contributed by atoms with Crippen molar-refractivity contribution in [3.8, 4) is 5.69 Å². The number of benzene rings is 1. The molecule has 3 rings (SSSR count). The molecule has 2 aromatic rings. The molecule has 0 bridgehead atoms. The van der Waals surface area contributed by atoms with E-state index >= 15 is 0 Å². The Hall–Kier alpha value is -1.85. The molecule has 1 amide bonds. The number of hydrogen-bond donors (Lipinski definition) is 1. The highest BCUT2D eigenvalue weighted by Crippen LogP contribution is 2.28. The molecule has 0 spiro atoms. The van der Waals surface area contributed by atoms with Gasteiger partial charge in [0, 0.05) is 19.5 Å². The largest absolute Gasteiger partial charge is 0.393 e. The van der Waals surface area contributed by atoms with Gasteiger partial charge in [-0.2, -0.15) is 5.10 Å². The van der Waals surface area contributed by atoms with Crippen molar-refractivity contribution in [2.45, 2.75) is 32.3 Å². The molecule has 6 heteroatoms. The SMILES string of the molecule is Cc1nn(-c2ccccc2)c(Cl)c1C(=O)N(C)CC1CCCC1O. The highest BCUT2D eigenvalue weighted by Gasteiger charge is 2.30. The molecule has 1 aliphatic rings. The summed E-state index contributed by atoms with van der Waals surface area (Å²) < 4.78 is 1.59. The molecule has 1 fully saturated rings. The van der Waals surface area contributed by atoms with E-state index in [1.54, 1.807) is 23.6 Å². The van der Waals surface area contributed by atoms with Gasteiger partial charge >= 0.3 is 0 Å². The van der Waals surface area contributed by atoms with Crippen LogP contribution in [0.15, 0.2) is 30.3 Å². The Morgan fingerprint density at radius 1 is 1.38 bits per heavy atom. The minimum Gasteiger partial charge on any atom is -0.393 e. The van der Waals surface area contributed by atoms with Crippen molar-refractivity contribution < 1.29 is 9.90 Å². The molecule has 128 valence electrons. The van der Waals surface area contributed by atoms with Crippen LogP contribution in [-0.4, -0.2) is 45.4 Å². The van der Waals surface area contributed by atoms with Crippen LogP contribution in [0.1, 0.15) is 35.3 Å². The summed E-state index contributed by atoms with van der Waals surface area (Å²) >= 11 is 6.45. The number of nitrogens with zero attached hydrogens (tertiary/aromatic N) is 3. The summed E-state index contributed by atoms with van der Waals surface area (Å²) in [5, 5.41) is 14.7. The van der Waals surface area contributed by atoms with Gasteiger partial charge in [0.2, 0.25) is 0 Å². The molecule has 2 atom stereocenters. The lowest BCUT2D eigenvalue weighted by Crippen LogP contribution is -2.34. The monoisotopic (exact) mass is 347 g/mol. The van der Waals surface area contributed by atoms with E-state index in [4.69, 9.17) is 11.6 Å². The van der Waals surface area contributed by atoms with Gasteiger partial charge in [0.05, 0.1) is 23.0 Å². The van der Waals surface area contributed by atoms with Gasteiger partial charge < -0.3 is 10.0 Å². The average molecular weight is 348 g/mol. The zero-order valence-corrected chi connectivity index (χ0v) is 14.7. The summed E-state index contributed by atoms with van der Waals surface area (Å²) in [4.78, 5) is 14.5. The summed E-state index contributed by atoms with van der Waals surface area (Å²) in [7, 11) is 1.75. The topological polar surface area (TPSA) is 58.4 Å². The molecule has 2 unspecified atom stereocenters. The first-order chi connectivity index (χ1) is 11.5. The zero-order valence-electron chi connectivity index (χ0n) is 13.9. The number of rotatable bonds is 4. The predicted octanol–water partition coefficient (Wildman–Crippen LogP) is 3.07. The van der Waals surface area contributed by atoms with Crippen molar-refractivity contribution in [1.82, 2.24) is 14.7 Å². The van der Waals surface area contributed by atoms with Gasteiger partial charge in [0.25, 0.3) is 5.91 Å². The molecule has 1 heterocycles. The Kier molecular flexibility index (Phi) is 4.92. The first-order valence-electron chi connectivity index (χ1n) is 8.23. The summed E-state index contributed by atoms with van der Waals surface area (Å²) in [6.45, 7) is 2.32. The number of aryl methyl sites for hydroxylation is 1. The molecule has 1 aromatic carbocycles. The number of aromatic nitrogens is 2. The van der Waals surface area contributed by atoms with Crippen LogP contribution in [0.4, 0.5) is 0 Å². The van der Waals surface area contributed by atoms with Gasteiger partial charge in [-0.25, -0.2) is 4.68 Å². The van der Waals surface area contributed by atoms with E-state index in [2.05, 4.69) is 5.10 Å². The van der Waals surface area contributed by atoms with Crippen LogP contribution in [0.25, 0.3) is 5.69 Å². The van der Waals surface area contributed by atoms with Crippen LogP contribution in [0.3, 0.4) is 0 Å². The number of hydrogen-bond acceptors (Lipinski definition) is 3. The molecule has 5 nitrogen and oxygen atoms in total. The number of halogens is 1. The fourth-order valence-corrected chi connectivity index (χ4v) is 3.69. The van der Waals surface area contributed by atoms with Crippen molar-refractivity contribution in [3.63, 3.8) is 0 Å². The molecular formula is C18H22ClN3O2. The Balaban J connectivity index is 1.83. The van der Waals surface area contributed by atoms with Crippen LogP contribution in [-0.2, 0) is 0 Å². The second-order valence-corrected chi connectivity index (χ2v) is 6.80. The Bertz CT molecular complexity index is 729. The van der Waals surface area contributed by atoms with Crippen LogP contribution in [0.2, 0.25) is 5.15 Å². The molecule has 1 aromatic heterocycles. The average Bonchev–Trinajstić information content (AvgIpc) is 3.11. The zero-order chi connectivity index (χ0) is 17.3. The molecule has 0 radical (unpaired) electrons. The van der Waals surface area contributed by atoms with Crippen LogP contribution < -0.4 is 0 Å². The molecule has 1 saturated carbocycles. The Labute approximate surface area is 146 Å². The van der Waals surface area contributed by atoms with E-state index in [0.29, 0.717) is 23.0 Å². The lowest BCUT2D eigenvalue weighted by atomic mass is 10.1. The number of amides is 1. The van der Waals surface area contributed by atoms with Crippen molar-refractivity contribution in [2.75, 3.05) is 13.6 Å². The van der Waals surface area contributed by atoms with Crippen molar-refractivity contribution in [3.05, 3.63) is 46.7 Å². The van der Waals surface area contributed by atoms with E-state index in [9.17, 15) is 9.90 Å². The van der Waals surface area contributed by atoms with Crippen molar-refractivity contribution >= 4 is 17.5 Å². The summed E-state index contributed by atoms with van der Waals surface area (Å²) in [6, 6.07) is 9.51. The minimum atomic E-state index is -0.316. The molecule has 0 aliphatic heterocycles. The summed E-state index contributed by atoms with van der Waals surface area (Å²) in [5.74, 6) is -0.0130. The molecule has 24 heavy (non-hydrogen) atoms. The van der Waals surface area contributed by atoms with Gasteiger partial charge in [-0.3, -0.25) is 4.79 Å². The van der Waals surface area contributed by atoms with E-state index in [1.807, 2.05) is 30.3 Å². The van der Waals surface area contributed by atoms with E-state index in [1.165, 1.54) is 0 Å². The third-order valence-electron chi connectivity index (χ3n) is 4.69. The molecule has 1 aliphatic carbocycles. The highest BCUT2D eigenvalue weighted by molar-refractivity contribution is 6.33. The second-order valence-electron chi connectivity index (χ2n) is 6.44. The Morgan fingerprint density at radius 3 is 2.71 bits per heavy atom. The minimum absolute atomic E-state index is 0.141. The highest BCUT2D eigenvalue weighted by atomic mass is 35.5. The second kappa shape index (κ2) is 6.95. The normalized spacial score (nSPS) is 20.3. The maximum Gasteiger partial charge on any atom is 0.258 e. The van der Waals surface area contributed by atoms with Crippen LogP contribution >= 0.6 is 11.6 Å². The quantitative estimate of drug-likeness (QED) is 0.924. The fraction of sp³-hybridized carbons (Fsp3) is 0.444. The number of carbonyl (C=O) groups is 1. The van der Waals surface area contributed by atoms with Gasteiger partial charge in [-0.1, -0.05) is 36.2 Å². The Morgan fingerprint density at radius 2 is 2.08 bits per heavy atom. The van der Waals surface area contributed by atoms with E-state index in [0.717, 1.165) is 24.9 Å². The lowest BCUT2D eigenvalue weighted by Gasteiger charge is -2.23. The maximum absolute atomic E-state index is 12.8. The molecular weight excluding hydrogens is 326 g/mol. The smallest absolute Gasteiger partial charge is 0.258 e. The van der Waals surface area contributed by atoms with Gasteiger partial charge in [-0.05, 0) is 31.9 Å². The van der Waals surface area contributed by atoms with Gasteiger partial charge in [0.1, 0.15) is 5.15 Å². The fourth-order valence-electron chi connectivity index (χ4n) is 3.34. The molecule has 1 N–H and O–H groups in total. The summed E-state index contributed by atoms with van der Waals surface area (Å²) in [6.07, 6.45) is 2.47. The molecule has 0 saturated heterocycles. The van der Waals surface area contributed by atoms with E-state index < -0.39 is 0 Å².